The molecule has 0 spiro atoms. The molecule has 0 bridgehead atoms. The molecular weight excluding hydrogens is 583 g/mol. The normalized spacial score (nSPS) is 15.8. The molecule has 0 aromatic heterocycles. The smallest absolute Gasteiger partial charge is 0.416 e. The number of benzene rings is 1. The van der Waals surface area contributed by atoms with Crippen molar-refractivity contribution in [1.29, 1.82) is 0 Å². The van der Waals surface area contributed by atoms with Crippen molar-refractivity contribution in [3.63, 3.8) is 0 Å². The molecule has 10 nitrogen and oxygen atoms in total. The number of amides is 1. The summed E-state index contributed by atoms with van der Waals surface area (Å²) in [4.78, 5) is 37.7. The Bertz CT molecular complexity index is 1200. The minimum Gasteiger partial charge on any atom is -0.481 e. The molecule has 0 aliphatic rings. The highest BCUT2D eigenvalue weighted by Crippen LogP contribution is 2.50. The summed E-state index contributed by atoms with van der Waals surface area (Å²) >= 11 is 0. The summed E-state index contributed by atoms with van der Waals surface area (Å²) in [6, 6.07) is 3.00. The highest BCUT2D eigenvalue weighted by molar-refractivity contribution is 7.86. The van der Waals surface area contributed by atoms with Gasteiger partial charge in [-0.3, -0.25) is 8.98 Å². The van der Waals surface area contributed by atoms with E-state index in [2.05, 4.69) is 5.32 Å². The van der Waals surface area contributed by atoms with Gasteiger partial charge in [0.05, 0.1) is 29.6 Å². The fourth-order valence-electron chi connectivity index (χ4n) is 5.10. The van der Waals surface area contributed by atoms with Crippen molar-refractivity contribution >= 4 is 28.1 Å². The van der Waals surface area contributed by atoms with Gasteiger partial charge in [-0.05, 0) is 48.3 Å². The number of alkyl carbamates (subject to hydrolysis) is 1. The summed E-state index contributed by atoms with van der Waals surface area (Å²) in [5, 5.41) is 23.3. The molecule has 0 radical (unpaired) electrons. The third-order valence-electron chi connectivity index (χ3n) is 7.02. The number of aliphatic carboxylic acids is 2. The maximum Gasteiger partial charge on any atom is 0.416 e. The summed E-state index contributed by atoms with van der Waals surface area (Å²) < 4.78 is 74.3. The summed E-state index contributed by atoms with van der Waals surface area (Å²) in [5.41, 5.74) is -5.60. The number of carboxylic acid groups (broad SMARTS) is 2. The molecule has 3 N–H and O–H groups in total. The van der Waals surface area contributed by atoms with E-state index in [1.807, 2.05) is 6.92 Å². The molecule has 0 saturated heterocycles. The van der Waals surface area contributed by atoms with E-state index in [4.69, 9.17) is 8.92 Å². The van der Waals surface area contributed by atoms with E-state index < -0.39 is 79.6 Å². The molecule has 3 atom stereocenters. The van der Waals surface area contributed by atoms with Gasteiger partial charge in [0.1, 0.15) is 5.54 Å². The average Bonchev–Trinajstić information content (AvgIpc) is 2.82. The van der Waals surface area contributed by atoms with Gasteiger partial charge in [-0.2, -0.15) is 21.6 Å². The van der Waals surface area contributed by atoms with E-state index >= 15 is 0 Å². The SMILES string of the molecule is CCCCOC(=O)NC(C(=O)O)(C(C(CCCOS(=O)(=O)c1cccc(C(F)(F)F)c1)C(=O)O)C(C)(C)C)C(C)(C)C. The number of alkyl halides is 3. The topological polar surface area (TPSA) is 156 Å². The van der Waals surface area contributed by atoms with Crippen LogP contribution in [0.4, 0.5) is 18.0 Å². The lowest BCUT2D eigenvalue weighted by molar-refractivity contribution is -0.166. The van der Waals surface area contributed by atoms with Crippen molar-refractivity contribution in [1.82, 2.24) is 5.32 Å². The fourth-order valence-corrected chi connectivity index (χ4v) is 6.09. The Labute approximate surface area is 245 Å². The van der Waals surface area contributed by atoms with Crippen molar-refractivity contribution < 1.29 is 55.1 Å². The number of unbranched alkanes of at least 4 members (excludes halogenated alkanes) is 1. The second-order valence-corrected chi connectivity index (χ2v) is 13.8. The van der Waals surface area contributed by atoms with Gasteiger partial charge < -0.3 is 20.3 Å². The van der Waals surface area contributed by atoms with Crippen LogP contribution in [0.2, 0.25) is 0 Å². The molecule has 0 saturated carbocycles. The summed E-state index contributed by atoms with van der Waals surface area (Å²) in [5.74, 6) is -5.53. The minimum absolute atomic E-state index is 0.0302. The van der Waals surface area contributed by atoms with E-state index in [0.29, 0.717) is 25.0 Å². The number of ether oxygens (including phenoxy) is 1. The molecule has 0 fully saturated rings. The van der Waals surface area contributed by atoms with Crippen LogP contribution in [-0.2, 0) is 34.8 Å². The zero-order valence-electron chi connectivity index (χ0n) is 25.0. The summed E-state index contributed by atoms with van der Waals surface area (Å²) in [7, 11) is -4.62. The number of hydrogen-bond acceptors (Lipinski definition) is 7. The monoisotopic (exact) mass is 625 g/mol. The third kappa shape index (κ3) is 9.32. The number of hydrogen-bond donors (Lipinski definition) is 3. The van der Waals surface area contributed by atoms with E-state index in [9.17, 15) is 46.2 Å². The van der Waals surface area contributed by atoms with E-state index in [1.54, 1.807) is 41.5 Å². The van der Waals surface area contributed by atoms with E-state index in [0.717, 1.165) is 12.1 Å². The zero-order valence-corrected chi connectivity index (χ0v) is 25.8. The van der Waals surface area contributed by atoms with Gasteiger partial charge in [0.2, 0.25) is 0 Å². The van der Waals surface area contributed by atoms with Crippen LogP contribution < -0.4 is 5.32 Å². The van der Waals surface area contributed by atoms with Crippen LogP contribution in [0, 0.1) is 22.7 Å². The summed E-state index contributed by atoms with van der Waals surface area (Å²) in [6.07, 6.45) is -5.02. The van der Waals surface area contributed by atoms with Crippen molar-refractivity contribution in [3.8, 4) is 0 Å². The van der Waals surface area contributed by atoms with Gasteiger partial charge in [0.15, 0.2) is 0 Å². The van der Waals surface area contributed by atoms with Gasteiger partial charge in [-0.25, -0.2) is 9.59 Å². The zero-order chi connectivity index (χ0) is 32.7. The Morgan fingerprint density at radius 1 is 0.976 bits per heavy atom. The first-order valence-electron chi connectivity index (χ1n) is 13.5. The van der Waals surface area contributed by atoms with Crippen LogP contribution in [0.3, 0.4) is 0 Å². The standard InChI is InChI=1S/C28H42F3NO9S/c1-8-9-15-40-24(37)32-27(23(35)36,26(5,6)7)21(25(2,3)4)20(22(33)34)14-11-16-41-42(38,39)19-13-10-12-18(17-19)28(29,30)31/h10,12-13,17,20-21H,8-9,11,14-16H2,1-7H3,(H,32,37)(H,33,34)(H,35,36). The highest BCUT2D eigenvalue weighted by atomic mass is 32.2. The van der Waals surface area contributed by atoms with Crippen LogP contribution >= 0.6 is 0 Å². The third-order valence-corrected chi connectivity index (χ3v) is 8.33. The molecule has 42 heavy (non-hydrogen) atoms. The van der Waals surface area contributed by atoms with Crippen LogP contribution in [0.15, 0.2) is 29.2 Å². The van der Waals surface area contributed by atoms with Gasteiger partial charge in [-0.1, -0.05) is 61.0 Å². The predicted octanol–water partition coefficient (Wildman–Crippen LogP) is 5.95. The molecular formula is C28H42F3NO9S. The van der Waals surface area contributed by atoms with Gasteiger partial charge >= 0.3 is 24.2 Å². The van der Waals surface area contributed by atoms with Crippen LogP contribution in [0.25, 0.3) is 0 Å². The van der Waals surface area contributed by atoms with Crippen molar-refractivity contribution in [2.75, 3.05) is 13.2 Å². The highest BCUT2D eigenvalue weighted by Gasteiger charge is 2.62. The average molecular weight is 626 g/mol. The van der Waals surface area contributed by atoms with Gasteiger partial charge in [-0.15, -0.1) is 0 Å². The second kappa shape index (κ2) is 14.1. The second-order valence-electron chi connectivity index (χ2n) is 12.2. The predicted molar refractivity (Wildman–Crippen MR) is 147 cm³/mol. The molecule has 14 heteroatoms. The molecule has 0 aliphatic carbocycles. The van der Waals surface area contributed by atoms with Gasteiger partial charge in [0.25, 0.3) is 10.1 Å². The number of halogens is 3. The quantitative estimate of drug-likeness (QED) is 0.168. The van der Waals surface area contributed by atoms with Crippen molar-refractivity contribution in [3.05, 3.63) is 29.8 Å². The Kier molecular flexibility index (Phi) is 12.4. The Hall–Kier alpha value is -2.87. The molecule has 240 valence electrons. The Morgan fingerprint density at radius 3 is 2.02 bits per heavy atom. The molecule has 1 amide bonds. The van der Waals surface area contributed by atoms with E-state index in [-0.39, 0.29) is 19.4 Å². The van der Waals surface area contributed by atoms with Crippen molar-refractivity contribution in [2.24, 2.45) is 22.7 Å². The van der Waals surface area contributed by atoms with Crippen molar-refractivity contribution in [2.45, 2.75) is 90.8 Å². The van der Waals surface area contributed by atoms with E-state index in [1.165, 1.54) is 0 Å². The Balaban J connectivity index is 3.37. The largest absolute Gasteiger partial charge is 0.481 e. The first-order chi connectivity index (χ1) is 19.0. The number of nitrogens with one attached hydrogen (secondary N) is 1. The summed E-state index contributed by atoms with van der Waals surface area (Å²) in [6.45, 7) is 10.9. The Morgan fingerprint density at radius 2 is 1.57 bits per heavy atom. The maximum atomic E-state index is 13.0. The number of carbonyl (C=O) groups is 3. The van der Waals surface area contributed by atoms with Crippen LogP contribution in [-0.4, -0.2) is 55.4 Å². The first-order valence-corrected chi connectivity index (χ1v) is 14.9. The molecule has 1 rings (SSSR count). The maximum absolute atomic E-state index is 13.0. The molecule has 0 heterocycles. The van der Waals surface area contributed by atoms with Gasteiger partial charge in [0, 0.05) is 5.92 Å². The molecule has 0 aliphatic heterocycles. The fraction of sp³-hybridized carbons (Fsp3) is 0.679. The lowest BCUT2D eigenvalue weighted by Gasteiger charge is -2.53. The lowest BCUT2D eigenvalue weighted by atomic mass is 9.54. The molecule has 1 aromatic rings. The molecule has 3 unspecified atom stereocenters. The lowest BCUT2D eigenvalue weighted by Crippen LogP contribution is -2.70. The number of rotatable bonds is 14. The number of carbonyl (C=O) groups excluding carboxylic acids is 1. The van der Waals surface area contributed by atoms with Crippen LogP contribution in [0.1, 0.15) is 79.7 Å². The molecule has 1 aromatic carbocycles. The minimum atomic E-state index is -4.78. The first kappa shape index (κ1) is 37.2. The number of carboxylic acids is 2. The van der Waals surface area contributed by atoms with Crippen LogP contribution in [0.5, 0.6) is 0 Å².